The minimum absolute atomic E-state index is 0.301. The maximum absolute atomic E-state index is 12.8. The molecule has 0 bridgehead atoms. The fourth-order valence-electron chi connectivity index (χ4n) is 2.09. The molecule has 1 fully saturated rings. The summed E-state index contributed by atoms with van der Waals surface area (Å²) in [6.45, 7) is -1.71. The summed E-state index contributed by atoms with van der Waals surface area (Å²) in [5.74, 6) is 0. The number of aliphatic hydroxyl groups is 3. The average Bonchev–Trinajstić information content (AvgIpc) is 2.65. The topological polar surface area (TPSA) is 136 Å². The summed E-state index contributed by atoms with van der Waals surface area (Å²) < 4.78 is 18.0. The van der Waals surface area contributed by atoms with Gasteiger partial charge in [0.2, 0.25) is 0 Å². The van der Waals surface area contributed by atoms with E-state index in [1.165, 1.54) is 0 Å². The predicted octanol–water partition coefficient (Wildman–Crippen LogP) is -2.31. The third-order valence-corrected chi connectivity index (χ3v) is 3.02. The Kier molecular flexibility index (Phi) is 3.80. The number of aromatic nitrogens is 2. The van der Waals surface area contributed by atoms with Gasteiger partial charge in [-0.2, -0.15) is 0 Å². The lowest BCUT2D eigenvalue weighted by Gasteiger charge is -2.15. The van der Waals surface area contributed by atoms with E-state index >= 15 is 0 Å². The van der Waals surface area contributed by atoms with Crippen LogP contribution in [0.5, 0.6) is 0 Å². The molecule has 0 saturated carbocycles. The quantitative estimate of drug-likeness (QED) is 0.421. The van der Waals surface area contributed by atoms with Crippen molar-refractivity contribution in [1.82, 2.24) is 9.97 Å². The average molecular weight is 276 g/mol. The molecule has 1 aliphatic heterocycles. The monoisotopic (exact) mass is 276 g/mol. The van der Waals surface area contributed by atoms with Gasteiger partial charge in [0.05, 0.1) is 17.9 Å². The molecule has 0 radical (unpaired) electrons. The first kappa shape index (κ1) is 13.9. The maximum atomic E-state index is 12.8. The van der Waals surface area contributed by atoms with Gasteiger partial charge in [0.15, 0.2) is 0 Å². The second-order valence-corrected chi connectivity index (χ2v) is 4.19. The summed E-state index contributed by atoms with van der Waals surface area (Å²) in [6, 6.07) is 0. The van der Waals surface area contributed by atoms with Gasteiger partial charge in [-0.15, -0.1) is 0 Å². The van der Waals surface area contributed by atoms with E-state index in [0.29, 0.717) is 0 Å². The highest BCUT2D eigenvalue weighted by atomic mass is 19.1. The van der Waals surface area contributed by atoms with Crippen molar-refractivity contribution in [3.05, 3.63) is 32.1 Å². The molecule has 1 aliphatic rings. The smallest absolute Gasteiger partial charge is 0.325 e. The summed E-state index contributed by atoms with van der Waals surface area (Å²) in [7, 11) is 0. The van der Waals surface area contributed by atoms with Gasteiger partial charge in [0.1, 0.15) is 31.1 Å². The van der Waals surface area contributed by atoms with Crippen molar-refractivity contribution in [2.75, 3.05) is 6.61 Å². The lowest BCUT2D eigenvalue weighted by molar-refractivity contribution is -0.0236. The Balaban J connectivity index is 2.48. The zero-order chi connectivity index (χ0) is 14.2. The molecule has 1 aromatic heterocycles. The molecule has 1 unspecified atom stereocenters. The number of ether oxygens (including phenoxy) is 1. The summed E-state index contributed by atoms with van der Waals surface area (Å²) in [6.07, 6.45) is -5.32. The highest BCUT2D eigenvalue weighted by Gasteiger charge is 2.45. The number of rotatable bonds is 3. The molecule has 19 heavy (non-hydrogen) atoms. The van der Waals surface area contributed by atoms with Crippen LogP contribution in [-0.2, 0) is 11.4 Å². The molecule has 1 aromatic rings. The Labute approximate surface area is 105 Å². The molecule has 106 valence electrons. The van der Waals surface area contributed by atoms with E-state index in [-0.39, 0.29) is 11.3 Å². The number of aromatic amines is 2. The van der Waals surface area contributed by atoms with Crippen LogP contribution in [0.3, 0.4) is 0 Å². The molecular weight excluding hydrogens is 263 g/mol. The van der Waals surface area contributed by atoms with Crippen molar-refractivity contribution in [2.45, 2.75) is 31.1 Å². The van der Waals surface area contributed by atoms with Crippen LogP contribution in [0, 0.1) is 0 Å². The number of alkyl halides is 1. The number of H-pyrrole nitrogens is 2. The minimum Gasteiger partial charge on any atom is -0.394 e. The summed E-state index contributed by atoms with van der Waals surface area (Å²) in [5.41, 5.74) is -2.42. The van der Waals surface area contributed by atoms with E-state index < -0.39 is 48.9 Å². The van der Waals surface area contributed by atoms with E-state index in [2.05, 4.69) is 4.98 Å². The molecule has 5 N–H and O–H groups in total. The van der Waals surface area contributed by atoms with Crippen molar-refractivity contribution in [2.24, 2.45) is 0 Å². The Bertz CT molecular complexity index is 570. The van der Waals surface area contributed by atoms with Crippen LogP contribution in [0.4, 0.5) is 4.39 Å². The molecule has 4 atom stereocenters. The maximum Gasteiger partial charge on any atom is 0.325 e. The summed E-state index contributed by atoms with van der Waals surface area (Å²) >= 11 is 0. The largest absolute Gasteiger partial charge is 0.394 e. The van der Waals surface area contributed by atoms with E-state index in [1.807, 2.05) is 4.98 Å². The van der Waals surface area contributed by atoms with Gasteiger partial charge < -0.3 is 25.0 Å². The number of halogens is 1. The molecule has 0 amide bonds. The molecular formula is C10H13FN2O6. The fraction of sp³-hybridized carbons (Fsp3) is 0.600. The standard InChI is InChI=1S/C10H13FN2O6/c11-1-3-5(9(17)13-10(18)12-3)8-7(16)6(15)4(2-14)19-8/h4,6-8,14-16H,1-2H2,(H2,12,13,17,18)/t4-,6-,7+,8?/m1/s1. The van der Waals surface area contributed by atoms with Crippen LogP contribution in [-0.4, -0.2) is 50.2 Å². The second kappa shape index (κ2) is 5.21. The van der Waals surface area contributed by atoms with Crippen molar-refractivity contribution < 1.29 is 24.4 Å². The zero-order valence-corrected chi connectivity index (χ0v) is 9.67. The highest BCUT2D eigenvalue weighted by molar-refractivity contribution is 5.22. The molecule has 0 aliphatic carbocycles. The van der Waals surface area contributed by atoms with Gasteiger partial charge in [0, 0.05) is 0 Å². The lowest BCUT2D eigenvalue weighted by atomic mass is 10.0. The van der Waals surface area contributed by atoms with Gasteiger partial charge in [-0.05, 0) is 0 Å². The van der Waals surface area contributed by atoms with E-state index in [9.17, 15) is 24.2 Å². The van der Waals surface area contributed by atoms with Crippen molar-refractivity contribution >= 4 is 0 Å². The Morgan fingerprint density at radius 2 is 1.89 bits per heavy atom. The van der Waals surface area contributed by atoms with Crippen LogP contribution in [0.2, 0.25) is 0 Å². The Morgan fingerprint density at radius 1 is 1.21 bits per heavy atom. The first-order valence-corrected chi connectivity index (χ1v) is 5.53. The zero-order valence-electron chi connectivity index (χ0n) is 9.67. The fourth-order valence-corrected chi connectivity index (χ4v) is 2.09. The molecule has 0 spiro atoms. The van der Waals surface area contributed by atoms with Crippen LogP contribution < -0.4 is 11.2 Å². The van der Waals surface area contributed by atoms with Crippen LogP contribution in [0.1, 0.15) is 17.4 Å². The molecule has 8 nitrogen and oxygen atoms in total. The number of hydrogen-bond donors (Lipinski definition) is 5. The predicted molar refractivity (Wildman–Crippen MR) is 59.2 cm³/mol. The van der Waals surface area contributed by atoms with Gasteiger partial charge in [-0.25, -0.2) is 9.18 Å². The van der Waals surface area contributed by atoms with Crippen molar-refractivity contribution in [3.8, 4) is 0 Å². The Morgan fingerprint density at radius 3 is 2.42 bits per heavy atom. The number of nitrogens with one attached hydrogen (secondary N) is 2. The number of hydrogen-bond acceptors (Lipinski definition) is 6. The third kappa shape index (κ3) is 2.32. The SMILES string of the molecule is O=c1[nH]c(CF)c(C2O[C@H](CO)[C@@H](O)[C@@H]2O)c(=O)[nH]1. The molecule has 2 heterocycles. The third-order valence-electron chi connectivity index (χ3n) is 3.02. The van der Waals surface area contributed by atoms with Crippen molar-refractivity contribution in [3.63, 3.8) is 0 Å². The van der Waals surface area contributed by atoms with Gasteiger partial charge in [0.25, 0.3) is 5.56 Å². The van der Waals surface area contributed by atoms with Crippen LogP contribution >= 0.6 is 0 Å². The van der Waals surface area contributed by atoms with Gasteiger partial charge in [-0.3, -0.25) is 9.78 Å². The molecule has 0 aromatic carbocycles. The second-order valence-electron chi connectivity index (χ2n) is 4.19. The highest BCUT2D eigenvalue weighted by Crippen LogP contribution is 2.32. The molecule has 2 rings (SSSR count). The van der Waals surface area contributed by atoms with Crippen LogP contribution in [0.15, 0.2) is 9.59 Å². The normalized spacial score (nSPS) is 30.7. The van der Waals surface area contributed by atoms with E-state index in [4.69, 9.17) is 9.84 Å². The minimum atomic E-state index is -1.51. The summed E-state index contributed by atoms with van der Waals surface area (Å²) in [5, 5.41) is 28.3. The molecule has 9 heteroatoms. The van der Waals surface area contributed by atoms with Gasteiger partial charge in [-0.1, -0.05) is 0 Å². The van der Waals surface area contributed by atoms with E-state index in [1.54, 1.807) is 0 Å². The lowest BCUT2D eigenvalue weighted by Crippen LogP contribution is -2.35. The molecule has 1 saturated heterocycles. The van der Waals surface area contributed by atoms with Crippen LogP contribution in [0.25, 0.3) is 0 Å². The first-order valence-electron chi connectivity index (χ1n) is 5.53. The summed E-state index contributed by atoms with van der Waals surface area (Å²) in [4.78, 5) is 26.7. The van der Waals surface area contributed by atoms with E-state index in [0.717, 1.165) is 0 Å². The Hall–Kier alpha value is -1.55. The van der Waals surface area contributed by atoms with Gasteiger partial charge >= 0.3 is 5.69 Å². The first-order chi connectivity index (χ1) is 8.99. The number of aliphatic hydroxyl groups excluding tert-OH is 3. The van der Waals surface area contributed by atoms with Crippen molar-refractivity contribution in [1.29, 1.82) is 0 Å².